The minimum Gasteiger partial charge on any atom is -0.483 e. The molecule has 0 aliphatic heterocycles. The second-order valence-electron chi connectivity index (χ2n) is 6.72. The lowest BCUT2D eigenvalue weighted by molar-refractivity contribution is -0.123. The second kappa shape index (κ2) is 8.08. The third-order valence-electron chi connectivity index (χ3n) is 4.65. The average molecular weight is 365 g/mol. The Labute approximate surface area is 158 Å². The van der Waals surface area contributed by atoms with Gasteiger partial charge in [0.25, 0.3) is 5.91 Å². The summed E-state index contributed by atoms with van der Waals surface area (Å²) in [4.78, 5) is 23.8. The number of hydrogen-bond acceptors (Lipinski definition) is 4. The molecule has 0 aliphatic rings. The van der Waals surface area contributed by atoms with Crippen molar-refractivity contribution in [2.45, 2.75) is 26.7 Å². The number of hydrogen-bond donors (Lipinski definition) is 1. The van der Waals surface area contributed by atoms with E-state index in [1.165, 1.54) is 11.6 Å². The first-order valence-corrected chi connectivity index (χ1v) is 8.94. The fourth-order valence-corrected chi connectivity index (χ4v) is 3.02. The lowest BCUT2D eigenvalue weighted by atomic mass is 10.0. The van der Waals surface area contributed by atoms with Gasteiger partial charge in [-0.05, 0) is 43.0 Å². The third kappa shape index (κ3) is 4.37. The van der Waals surface area contributed by atoms with Crippen LogP contribution in [0, 0.1) is 13.8 Å². The molecule has 0 saturated carbocycles. The molecule has 2 aromatic carbocycles. The Hall–Kier alpha value is -3.08. The smallest absolute Gasteiger partial charge is 0.336 e. The van der Waals surface area contributed by atoms with Gasteiger partial charge in [-0.1, -0.05) is 37.3 Å². The molecule has 0 aliphatic carbocycles. The van der Waals surface area contributed by atoms with Crippen LogP contribution in [0.5, 0.6) is 5.75 Å². The zero-order valence-corrected chi connectivity index (χ0v) is 15.7. The first-order chi connectivity index (χ1) is 13.0. The first kappa shape index (κ1) is 18.7. The quantitative estimate of drug-likeness (QED) is 0.676. The summed E-state index contributed by atoms with van der Waals surface area (Å²) in [5, 5.41) is 3.75. The summed E-state index contributed by atoms with van der Waals surface area (Å²) >= 11 is 0. The number of fused-ring (bicyclic) bond motifs is 1. The van der Waals surface area contributed by atoms with Crippen molar-refractivity contribution in [1.29, 1.82) is 0 Å². The van der Waals surface area contributed by atoms with Crippen molar-refractivity contribution < 1.29 is 13.9 Å². The van der Waals surface area contributed by atoms with Gasteiger partial charge in [0, 0.05) is 23.6 Å². The minimum absolute atomic E-state index is 0.0933. The van der Waals surface area contributed by atoms with E-state index >= 15 is 0 Å². The normalized spacial score (nSPS) is 12.0. The Balaban J connectivity index is 1.62. The van der Waals surface area contributed by atoms with Crippen molar-refractivity contribution in [1.82, 2.24) is 5.32 Å². The summed E-state index contributed by atoms with van der Waals surface area (Å²) < 4.78 is 11.0. The molecular formula is C22H23NO4. The molecule has 0 radical (unpaired) electrons. The number of ether oxygens (including phenoxy) is 1. The van der Waals surface area contributed by atoms with Gasteiger partial charge in [0.15, 0.2) is 6.61 Å². The van der Waals surface area contributed by atoms with E-state index in [0.29, 0.717) is 23.4 Å². The highest BCUT2D eigenvalue weighted by Gasteiger charge is 2.12. The van der Waals surface area contributed by atoms with Crippen LogP contribution in [0.4, 0.5) is 0 Å². The Morgan fingerprint density at radius 3 is 2.63 bits per heavy atom. The van der Waals surface area contributed by atoms with E-state index in [0.717, 1.165) is 10.9 Å². The molecule has 5 nitrogen and oxygen atoms in total. The molecule has 3 aromatic rings. The molecule has 0 bridgehead atoms. The molecule has 1 atom stereocenters. The van der Waals surface area contributed by atoms with Crippen LogP contribution in [0.1, 0.15) is 29.5 Å². The van der Waals surface area contributed by atoms with Crippen LogP contribution in [-0.4, -0.2) is 19.1 Å². The number of carbonyl (C=O) groups excluding carboxylic acids is 1. The number of amides is 1. The first-order valence-electron chi connectivity index (χ1n) is 8.94. The van der Waals surface area contributed by atoms with E-state index in [1.807, 2.05) is 50.2 Å². The van der Waals surface area contributed by atoms with Gasteiger partial charge in [-0.3, -0.25) is 4.79 Å². The van der Waals surface area contributed by atoms with E-state index in [2.05, 4.69) is 12.2 Å². The molecule has 0 saturated heterocycles. The summed E-state index contributed by atoms with van der Waals surface area (Å²) in [5.74, 6) is 0.556. The molecule has 27 heavy (non-hydrogen) atoms. The van der Waals surface area contributed by atoms with Crippen molar-refractivity contribution in [2.75, 3.05) is 13.2 Å². The summed E-state index contributed by atoms with van der Waals surface area (Å²) in [6.45, 7) is 6.19. The van der Waals surface area contributed by atoms with Crippen LogP contribution in [0.25, 0.3) is 11.0 Å². The zero-order valence-electron chi connectivity index (χ0n) is 15.7. The summed E-state index contributed by atoms with van der Waals surface area (Å²) in [7, 11) is 0. The molecule has 1 aromatic heterocycles. The molecule has 140 valence electrons. The summed E-state index contributed by atoms with van der Waals surface area (Å²) in [6, 6.07) is 15.1. The molecule has 1 amide bonds. The Bertz CT molecular complexity index is 1010. The topological polar surface area (TPSA) is 68.5 Å². The van der Waals surface area contributed by atoms with E-state index in [1.54, 1.807) is 6.07 Å². The molecule has 1 heterocycles. The number of rotatable bonds is 6. The standard InChI is InChI=1S/C22H23NO4/c1-14-11-21(25)27-22-16(3)19(10-9-18(14)22)26-13-20(24)23-12-15(2)17-7-5-4-6-8-17/h4-11,15H,12-13H2,1-3H3,(H,23,24)/t15-/m1/s1. The Kier molecular flexibility index (Phi) is 5.60. The number of carbonyl (C=O) groups is 1. The maximum atomic E-state index is 12.1. The van der Waals surface area contributed by atoms with Crippen LogP contribution >= 0.6 is 0 Å². The van der Waals surface area contributed by atoms with Gasteiger partial charge in [0.1, 0.15) is 11.3 Å². The SMILES string of the molecule is Cc1cc(=O)oc2c(C)c(OCC(=O)NC[C@@H](C)c3ccccc3)ccc12. The molecular weight excluding hydrogens is 342 g/mol. The lowest BCUT2D eigenvalue weighted by Gasteiger charge is -2.14. The van der Waals surface area contributed by atoms with Crippen LogP contribution in [0.3, 0.4) is 0 Å². The monoisotopic (exact) mass is 365 g/mol. The van der Waals surface area contributed by atoms with Gasteiger partial charge in [-0.25, -0.2) is 4.79 Å². The van der Waals surface area contributed by atoms with Gasteiger partial charge >= 0.3 is 5.63 Å². The van der Waals surface area contributed by atoms with Gasteiger partial charge in [0.05, 0.1) is 0 Å². The van der Waals surface area contributed by atoms with Crippen LogP contribution in [-0.2, 0) is 4.79 Å². The highest BCUT2D eigenvalue weighted by atomic mass is 16.5. The molecule has 5 heteroatoms. The Morgan fingerprint density at radius 1 is 1.15 bits per heavy atom. The zero-order chi connectivity index (χ0) is 19.4. The van der Waals surface area contributed by atoms with Crippen LogP contribution < -0.4 is 15.7 Å². The summed E-state index contributed by atoms with van der Waals surface area (Å²) in [6.07, 6.45) is 0. The fourth-order valence-electron chi connectivity index (χ4n) is 3.02. The van der Waals surface area contributed by atoms with E-state index in [9.17, 15) is 9.59 Å². The van der Waals surface area contributed by atoms with Crippen molar-refractivity contribution in [3.8, 4) is 5.75 Å². The maximum absolute atomic E-state index is 12.1. The van der Waals surface area contributed by atoms with Crippen molar-refractivity contribution in [2.24, 2.45) is 0 Å². The number of aryl methyl sites for hydroxylation is 2. The van der Waals surface area contributed by atoms with Crippen molar-refractivity contribution >= 4 is 16.9 Å². The highest BCUT2D eigenvalue weighted by molar-refractivity contribution is 5.85. The van der Waals surface area contributed by atoms with E-state index in [-0.39, 0.29) is 18.4 Å². The molecule has 0 spiro atoms. The van der Waals surface area contributed by atoms with E-state index < -0.39 is 5.63 Å². The molecule has 0 fully saturated rings. The Morgan fingerprint density at radius 2 is 1.89 bits per heavy atom. The largest absolute Gasteiger partial charge is 0.483 e. The number of benzene rings is 2. The maximum Gasteiger partial charge on any atom is 0.336 e. The predicted molar refractivity (Wildman–Crippen MR) is 105 cm³/mol. The number of nitrogens with one attached hydrogen (secondary N) is 1. The second-order valence-corrected chi connectivity index (χ2v) is 6.72. The molecule has 1 N–H and O–H groups in total. The van der Waals surface area contributed by atoms with Gasteiger partial charge in [-0.2, -0.15) is 0 Å². The summed E-state index contributed by atoms with van der Waals surface area (Å²) in [5.41, 5.74) is 2.83. The molecule has 0 unspecified atom stereocenters. The minimum atomic E-state index is -0.395. The average Bonchev–Trinajstić information content (AvgIpc) is 2.66. The third-order valence-corrected chi connectivity index (χ3v) is 4.65. The van der Waals surface area contributed by atoms with Crippen LogP contribution in [0.15, 0.2) is 57.7 Å². The van der Waals surface area contributed by atoms with Crippen LogP contribution in [0.2, 0.25) is 0 Å². The lowest BCUT2D eigenvalue weighted by Crippen LogP contribution is -2.31. The van der Waals surface area contributed by atoms with Crippen molar-refractivity contribution in [3.05, 3.63) is 75.6 Å². The van der Waals surface area contributed by atoms with E-state index in [4.69, 9.17) is 9.15 Å². The predicted octanol–water partition coefficient (Wildman–Crippen LogP) is 3.71. The van der Waals surface area contributed by atoms with Gasteiger partial charge in [-0.15, -0.1) is 0 Å². The fraction of sp³-hybridized carbons (Fsp3) is 0.273. The molecule has 3 rings (SSSR count). The highest BCUT2D eigenvalue weighted by Crippen LogP contribution is 2.28. The van der Waals surface area contributed by atoms with Gasteiger partial charge < -0.3 is 14.5 Å². The van der Waals surface area contributed by atoms with Gasteiger partial charge in [0.2, 0.25) is 0 Å². The van der Waals surface area contributed by atoms with Crippen molar-refractivity contribution in [3.63, 3.8) is 0 Å².